The highest BCUT2D eigenvalue weighted by Crippen LogP contribution is 2.52. The van der Waals surface area contributed by atoms with Crippen LogP contribution in [0.5, 0.6) is 5.75 Å². The van der Waals surface area contributed by atoms with Gasteiger partial charge in [-0.05, 0) is 71.3 Å². The zero-order valence-corrected chi connectivity index (χ0v) is 17.1. The van der Waals surface area contributed by atoms with Crippen LogP contribution in [0.2, 0.25) is 0 Å². The predicted octanol–water partition coefficient (Wildman–Crippen LogP) is 3.55. The second-order valence-corrected chi connectivity index (χ2v) is 9.30. The topological polar surface area (TPSA) is 22.9 Å². The number of nitrogens with one attached hydrogen (secondary N) is 1. The molecule has 2 fully saturated rings. The van der Waals surface area contributed by atoms with Gasteiger partial charge in [-0.1, -0.05) is 24.1 Å². The lowest BCUT2D eigenvalue weighted by Gasteiger charge is -2.50. The number of rotatable bonds is 1. The van der Waals surface area contributed by atoms with Crippen molar-refractivity contribution < 1.29 is 14.4 Å². The zero-order chi connectivity index (χ0) is 18.9. The third-order valence-corrected chi connectivity index (χ3v) is 6.68. The molecule has 0 spiro atoms. The molecule has 0 aliphatic carbocycles. The summed E-state index contributed by atoms with van der Waals surface area (Å²) in [5.41, 5.74) is 0.629. The standard InChI is InChI=1S/C24H33NO2/c1-23(2)20-13-15-24(3,14-10-18-25-16-8-4-5-9-17-25)27-22(20)19-11-6-7-12-21(19)26-23/h6-7,11-12,20,22H,4-5,8-9,13,15-18H2,1-3H3/p+1/t20-,22-,24+/m1/s1. The van der Waals surface area contributed by atoms with Crippen LogP contribution in [0.3, 0.4) is 0 Å². The van der Waals surface area contributed by atoms with E-state index >= 15 is 0 Å². The highest BCUT2D eigenvalue weighted by atomic mass is 16.5. The highest BCUT2D eigenvalue weighted by molar-refractivity contribution is 5.39. The number of hydrogen-bond donors (Lipinski definition) is 1. The van der Waals surface area contributed by atoms with Crippen LogP contribution in [0, 0.1) is 17.8 Å². The summed E-state index contributed by atoms with van der Waals surface area (Å²) >= 11 is 0. The minimum Gasteiger partial charge on any atom is -0.487 e. The fourth-order valence-electron chi connectivity index (χ4n) is 5.02. The molecule has 1 N–H and O–H groups in total. The summed E-state index contributed by atoms with van der Waals surface area (Å²) in [5, 5.41) is 0. The lowest BCUT2D eigenvalue weighted by atomic mass is 9.73. The third-order valence-electron chi connectivity index (χ3n) is 6.68. The SMILES string of the molecule is CC1(C)Oc2ccccc2[C@H]2O[C@@](C)(C#CC[NH+]3CCCCCC3)CC[C@H]21. The first kappa shape index (κ1) is 18.8. The first-order chi connectivity index (χ1) is 13.0. The number of fused-ring (bicyclic) bond motifs is 3. The number of hydrogen-bond acceptors (Lipinski definition) is 2. The summed E-state index contributed by atoms with van der Waals surface area (Å²) in [6.45, 7) is 10.1. The quantitative estimate of drug-likeness (QED) is 0.766. The molecule has 146 valence electrons. The van der Waals surface area contributed by atoms with E-state index in [9.17, 15) is 0 Å². The van der Waals surface area contributed by atoms with Crippen LogP contribution < -0.4 is 9.64 Å². The van der Waals surface area contributed by atoms with E-state index in [0.717, 1.165) is 25.1 Å². The molecule has 3 heterocycles. The Balaban J connectivity index is 1.50. The maximum Gasteiger partial charge on any atom is 0.139 e. The van der Waals surface area contributed by atoms with E-state index < -0.39 is 0 Å². The number of quaternary nitrogens is 1. The molecule has 0 bridgehead atoms. The van der Waals surface area contributed by atoms with Crippen LogP contribution in [0.4, 0.5) is 0 Å². The Morgan fingerprint density at radius 3 is 2.59 bits per heavy atom. The summed E-state index contributed by atoms with van der Waals surface area (Å²) in [4.78, 5) is 1.65. The fraction of sp³-hybridized carbons (Fsp3) is 0.667. The van der Waals surface area contributed by atoms with E-state index in [2.05, 4.69) is 50.8 Å². The molecule has 0 unspecified atom stereocenters. The van der Waals surface area contributed by atoms with Gasteiger partial charge in [0.05, 0.1) is 19.2 Å². The maximum atomic E-state index is 6.69. The maximum absolute atomic E-state index is 6.69. The molecule has 0 amide bonds. The Hall–Kier alpha value is -1.50. The van der Waals surface area contributed by atoms with E-state index in [1.807, 2.05) is 6.07 Å². The van der Waals surface area contributed by atoms with Gasteiger partial charge in [-0.2, -0.15) is 0 Å². The van der Waals surface area contributed by atoms with Gasteiger partial charge in [0.1, 0.15) is 23.5 Å². The molecule has 0 aromatic heterocycles. The van der Waals surface area contributed by atoms with Crippen LogP contribution in [-0.4, -0.2) is 30.8 Å². The van der Waals surface area contributed by atoms with Crippen molar-refractivity contribution in [3.05, 3.63) is 29.8 Å². The van der Waals surface area contributed by atoms with Crippen molar-refractivity contribution in [1.29, 1.82) is 0 Å². The Labute approximate surface area is 164 Å². The van der Waals surface area contributed by atoms with Crippen molar-refractivity contribution in [2.75, 3.05) is 19.6 Å². The van der Waals surface area contributed by atoms with Gasteiger partial charge in [-0.25, -0.2) is 0 Å². The average Bonchev–Trinajstić information content (AvgIpc) is 2.90. The minimum atomic E-state index is -0.354. The first-order valence-electron chi connectivity index (χ1n) is 10.8. The molecule has 0 saturated carbocycles. The van der Waals surface area contributed by atoms with Crippen LogP contribution in [0.1, 0.15) is 71.0 Å². The number of ether oxygens (including phenoxy) is 2. The molecule has 2 saturated heterocycles. The summed E-state index contributed by atoms with van der Waals surface area (Å²) in [6.07, 6.45) is 7.61. The number of benzene rings is 1. The average molecular weight is 369 g/mol. The van der Waals surface area contributed by atoms with Gasteiger partial charge >= 0.3 is 0 Å². The largest absolute Gasteiger partial charge is 0.487 e. The Morgan fingerprint density at radius 1 is 1.07 bits per heavy atom. The Bertz CT molecular complexity index is 723. The minimum absolute atomic E-state index is 0.0727. The molecule has 1 aromatic carbocycles. The summed E-state index contributed by atoms with van der Waals surface area (Å²) in [5.74, 6) is 8.35. The van der Waals surface area contributed by atoms with E-state index in [0.29, 0.717) is 5.92 Å². The molecular weight excluding hydrogens is 334 g/mol. The van der Waals surface area contributed by atoms with Gasteiger partial charge < -0.3 is 14.4 Å². The highest BCUT2D eigenvalue weighted by Gasteiger charge is 2.49. The lowest BCUT2D eigenvalue weighted by Crippen LogP contribution is -3.11. The van der Waals surface area contributed by atoms with Gasteiger partial charge in [0.15, 0.2) is 0 Å². The van der Waals surface area contributed by atoms with E-state index in [4.69, 9.17) is 9.47 Å². The van der Waals surface area contributed by atoms with Gasteiger partial charge in [0.2, 0.25) is 0 Å². The molecule has 3 aliphatic heterocycles. The molecule has 3 atom stereocenters. The van der Waals surface area contributed by atoms with Crippen molar-refractivity contribution in [1.82, 2.24) is 0 Å². The van der Waals surface area contributed by atoms with Gasteiger partial charge in [-0.15, -0.1) is 0 Å². The number of para-hydroxylation sites is 1. The van der Waals surface area contributed by atoms with Crippen molar-refractivity contribution in [3.63, 3.8) is 0 Å². The second-order valence-electron chi connectivity index (χ2n) is 9.30. The van der Waals surface area contributed by atoms with Crippen LogP contribution in [-0.2, 0) is 4.74 Å². The normalized spacial score (nSPS) is 32.9. The van der Waals surface area contributed by atoms with Crippen molar-refractivity contribution in [3.8, 4) is 17.6 Å². The zero-order valence-electron chi connectivity index (χ0n) is 17.1. The molecule has 3 nitrogen and oxygen atoms in total. The van der Waals surface area contributed by atoms with Gasteiger partial charge in [0, 0.05) is 11.5 Å². The van der Waals surface area contributed by atoms with Crippen molar-refractivity contribution >= 4 is 0 Å². The van der Waals surface area contributed by atoms with Crippen molar-refractivity contribution in [2.24, 2.45) is 5.92 Å². The number of likely N-dealkylation sites (tertiary alicyclic amines) is 1. The van der Waals surface area contributed by atoms with Crippen LogP contribution in [0.25, 0.3) is 0 Å². The molecule has 1 aromatic rings. The van der Waals surface area contributed by atoms with Crippen molar-refractivity contribution in [2.45, 2.75) is 76.6 Å². The summed E-state index contributed by atoms with van der Waals surface area (Å²) < 4.78 is 13.0. The summed E-state index contributed by atoms with van der Waals surface area (Å²) in [7, 11) is 0. The fourth-order valence-corrected chi connectivity index (χ4v) is 5.02. The summed E-state index contributed by atoms with van der Waals surface area (Å²) in [6, 6.07) is 8.35. The van der Waals surface area contributed by atoms with E-state index in [1.165, 1.54) is 44.3 Å². The second kappa shape index (κ2) is 7.49. The molecule has 0 radical (unpaired) electrons. The molecule has 4 rings (SSSR count). The molecular formula is C24H34NO2+. The smallest absolute Gasteiger partial charge is 0.139 e. The molecule has 3 heteroatoms. The lowest BCUT2D eigenvalue weighted by molar-refractivity contribution is -0.891. The first-order valence-corrected chi connectivity index (χ1v) is 10.8. The van der Waals surface area contributed by atoms with Gasteiger partial charge in [-0.3, -0.25) is 0 Å². The van der Waals surface area contributed by atoms with Crippen LogP contribution >= 0.6 is 0 Å². The molecule has 3 aliphatic rings. The third kappa shape index (κ3) is 4.03. The van der Waals surface area contributed by atoms with Crippen LogP contribution in [0.15, 0.2) is 24.3 Å². The van der Waals surface area contributed by atoms with E-state index in [1.54, 1.807) is 4.90 Å². The van der Waals surface area contributed by atoms with Gasteiger partial charge in [0.25, 0.3) is 0 Å². The molecule has 27 heavy (non-hydrogen) atoms. The Morgan fingerprint density at radius 2 is 1.81 bits per heavy atom. The van der Waals surface area contributed by atoms with E-state index in [-0.39, 0.29) is 17.3 Å². The predicted molar refractivity (Wildman–Crippen MR) is 108 cm³/mol. The Kier molecular flexibility index (Phi) is 5.23. The monoisotopic (exact) mass is 368 g/mol.